The van der Waals surface area contributed by atoms with Crippen molar-refractivity contribution in [3.8, 4) is 5.69 Å². The van der Waals surface area contributed by atoms with Crippen molar-refractivity contribution in [3.05, 3.63) is 71.0 Å². The highest BCUT2D eigenvalue weighted by molar-refractivity contribution is 9.10. The minimum absolute atomic E-state index is 0.159. The van der Waals surface area contributed by atoms with Gasteiger partial charge in [-0.1, -0.05) is 22.0 Å². The van der Waals surface area contributed by atoms with Crippen LogP contribution in [-0.4, -0.2) is 30.8 Å². The van der Waals surface area contributed by atoms with E-state index in [4.69, 9.17) is 4.74 Å². The summed E-state index contributed by atoms with van der Waals surface area (Å²) in [5.41, 5.74) is 1.30. The number of halogens is 1. The summed E-state index contributed by atoms with van der Waals surface area (Å²) in [4.78, 5) is 11.8. The number of benzene rings is 2. The van der Waals surface area contributed by atoms with Crippen molar-refractivity contribution in [2.24, 2.45) is 0 Å². The molecule has 27 heavy (non-hydrogen) atoms. The molecule has 1 N–H and O–H groups in total. The van der Waals surface area contributed by atoms with Crippen molar-refractivity contribution in [3.63, 3.8) is 0 Å². The molecule has 0 aliphatic rings. The molecule has 0 amide bonds. The van der Waals surface area contributed by atoms with Crippen molar-refractivity contribution < 1.29 is 17.9 Å². The third kappa shape index (κ3) is 4.55. The Morgan fingerprint density at radius 1 is 1.19 bits per heavy atom. The molecular weight excluding hydrogens is 434 g/mol. The maximum absolute atomic E-state index is 12.4. The lowest BCUT2D eigenvalue weighted by Crippen LogP contribution is -2.13. The van der Waals surface area contributed by atoms with Gasteiger partial charge in [-0.15, -0.1) is 0 Å². The molecule has 3 rings (SSSR count). The lowest BCUT2D eigenvalue weighted by atomic mass is 10.3. The van der Waals surface area contributed by atoms with Gasteiger partial charge in [0, 0.05) is 16.4 Å². The number of hydrogen-bond donors (Lipinski definition) is 1. The van der Waals surface area contributed by atoms with Gasteiger partial charge in [-0.2, -0.15) is 5.10 Å². The SMILES string of the molecule is CCOC(=O)c1ccn(-c2ccc(NS(=O)(=O)c3cccc(Br)c3)cc2)n1. The van der Waals surface area contributed by atoms with Gasteiger partial charge in [-0.05, 0) is 55.5 Å². The summed E-state index contributed by atoms with van der Waals surface area (Å²) in [5, 5.41) is 4.16. The summed E-state index contributed by atoms with van der Waals surface area (Å²) in [5.74, 6) is -0.491. The van der Waals surface area contributed by atoms with Gasteiger partial charge in [-0.3, -0.25) is 4.72 Å². The van der Waals surface area contributed by atoms with Gasteiger partial charge in [0.1, 0.15) is 0 Å². The molecule has 0 aliphatic heterocycles. The average molecular weight is 450 g/mol. The second kappa shape index (κ2) is 7.93. The van der Waals surface area contributed by atoms with Crippen molar-refractivity contribution in [2.45, 2.75) is 11.8 Å². The van der Waals surface area contributed by atoms with Crippen LogP contribution in [0.15, 0.2) is 70.2 Å². The maximum atomic E-state index is 12.4. The summed E-state index contributed by atoms with van der Waals surface area (Å²) in [6.45, 7) is 2.00. The Hall–Kier alpha value is -2.65. The molecule has 7 nitrogen and oxygen atoms in total. The molecule has 0 radical (unpaired) electrons. The number of hydrogen-bond acceptors (Lipinski definition) is 5. The van der Waals surface area contributed by atoms with Crippen molar-refractivity contribution >= 4 is 37.6 Å². The molecule has 0 saturated carbocycles. The Kier molecular flexibility index (Phi) is 5.62. The standard InChI is InChI=1S/C18H16BrN3O4S/c1-2-26-18(23)17-10-11-22(20-17)15-8-6-14(7-9-15)21-27(24,25)16-5-3-4-13(19)12-16/h3-12,21H,2H2,1H3. The predicted octanol–water partition coefficient (Wildman–Crippen LogP) is 3.61. The van der Waals surface area contributed by atoms with Crippen LogP contribution in [0.1, 0.15) is 17.4 Å². The Bertz CT molecular complexity index is 1060. The fraction of sp³-hybridized carbons (Fsp3) is 0.111. The van der Waals surface area contributed by atoms with Crippen molar-refractivity contribution in [2.75, 3.05) is 11.3 Å². The number of carbonyl (C=O) groups excluding carboxylic acids is 1. The van der Waals surface area contributed by atoms with E-state index in [9.17, 15) is 13.2 Å². The molecule has 0 bridgehead atoms. The molecule has 0 saturated heterocycles. The average Bonchev–Trinajstić information content (AvgIpc) is 3.12. The Balaban J connectivity index is 1.77. The number of carbonyl (C=O) groups is 1. The van der Waals surface area contributed by atoms with Gasteiger partial charge in [-0.25, -0.2) is 17.9 Å². The summed E-state index contributed by atoms with van der Waals surface area (Å²) in [6.07, 6.45) is 1.63. The van der Waals surface area contributed by atoms with Gasteiger partial charge in [0.05, 0.1) is 17.2 Å². The van der Waals surface area contributed by atoms with E-state index < -0.39 is 16.0 Å². The smallest absolute Gasteiger partial charge is 0.358 e. The van der Waals surface area contributed by atoms with Crippen LogP contribution < -0.4 is 4.72 Å². The normalized spacial score (nSPS) is 11.2. The molecular formula is C18H16BrN3O4S. The van der Waals surface area contributed by atoms with E-state index in [0.717, 1.165) is 0 Å². The van der Waals surface area contributed by atoms with E-state index in [0.29, 0.717) is 15.8 Å². The van der Waals surface area contributed by atoms with E-state index in [1.165, 1.54) is 16.8 Å². The molecule has 0 spiro atoms. The summed E-state index contributed by atoms with van der Waals surface area (Å²) >= 11 is 3.26. The Morgan fingerprint density at radius 3 is 2.59 bits per heavy atom. The third-order valence-electron chi connectivity index (χ3n) is 3.56. The number of esters is 1. The highest BCUT2D eigenvalue weighted by atomic mass is 79.9. The lowest BCUT2D eigenvalue weighted by molar-refractivity contribution is 0.0519. The van der Waals surface area contributed by atoms with Crippen molar-refractivity contribution in [1.29, 1.82) is 0 Å². The molecule has 0 fully saturated rings. The zero-order valence-corrected chi connectivity index (χ0v) is 16.7. The van der Waals surface area contributed by atoms with Gasteiger partial charge in [0.2, 0.25) is 0 Å². The zero-order valence-electron chi connectivity index (χ0n) is 14.3. The second-order valence-electron chi connectivity index (χ2n) is 5.48. The van der Waals surface area contributed by atoms with E-state index in [2.05, 4.69) is 25.8 Å². The topological polar surface area (TPSA) is 90.3 Å². The first-order chi connectivity index (χ1) is 12.9. The first-order valence-corrected chi connectivity index (χ1v) is 10.3. The molecule has 0 aliphatic carbocycles. The highest BCUT2D eigenvalue weighted by Gasteiger charge is 2.15. The third-order valence-corrected chi connectivity index (χ3v) is 5.44. The van der Waals surface area contributed by atoms with Gasteiger partial charge in [0.15, 0.2) is 5.69 Å². The van der Waals surface area contributed by atoms with Crippen LogP contribution in [-0.2, 0) is 14.8 Å². The largest absolute Gasteiger partial charge is 0.461 e. The fourth-order valence-corrected chi connectivity index (χ4v) is 3.97. The summed E-state index contributed by atoms with van der Waals surface area (Å²) in [6, 6.07) is 14.6. The molecule has 2 aromatic carbocycles. The number of anilines is 1. The number of ether oxygens (including phenoxy) is 1. The number of sulfonamides is 1. The molecule has 3 aromatic rings. The minimum Gasteiger partial charge on any atom is -0.461 e. The first kappa shape index (κ1) is 19.1. The van der Waals surface area contributed by atoms with Crippen LogP contribution in [0.5, 0.6) is 0 Å². The monoisotopic (exact) mass is 449 g/mol. The molecule has 0 unspecified atom stereocenters. The van der Waals surface area contributed by atoms with Gasteiger partial charge in [0.25, 0.3) is 10.0 Å². The number of nitrogens with zero attached hydrogens (tertiary/aromatic N) is 2. The van der Waals surface area contributed by atoms with Crippen LogP contribution in [0.2, 0.25) is 0 Å². The molecule has 9 heteroatoms. The Morgan fingerprint density at radius 2 is 1.93 bits per heavy atom. The number of rotatable bonds is 6. The molecule has 1 heterocycles. The summed E-state index contributed by atoms with van der Waals surface area (Å²) in [7, 11) is -3.69. The molecule has 1 aromatic heterocycles. The quantitative estimate of drug-likeness (QED) is 0.580. The zero-order chi connectivity index (χ0) is 19.4. The van der Waals surface area contributed by atoms with Crippen LogP contribution in [0.25, 0.3) is 5.69 Å². The van der Waals surface area contributed by atoms with Gasteiger partial charge >= 0.3 is 5.97 Å². The van der Waals surface area contributed by atoms with Crippen molar-refractivity contribution in [1.82, 2.24) is 9.78 Å². The second-order valence-corrected chi connectivity index (χ2v) is 8.07. The molecule has 140 valence electrons. The lowest BCUT2D eigenvalue weighted by Gasteiger charge is -2.09. The highest BCUT2D eigenvalue weighted by Crippen LogP contribution is 2.20. The van der Waals surface area contributed by atoms with Crippen LogP contribution in [0.4, 0.5) is 5.69 Å². The van der Waals surface area contributed by atoms with Crippen LogP contribution in [0, 0.1) is 0 Å². The minimum atomic E-state index is -3.69. The van der Waals surface area contributed by atoms with E-state index in [-0.39, 0.29) is 17.2 Å². The maximum Gasteiger partial charge on any atom is 0.358 e. The van der Waals surface area contributed by atoms with Crippen LogP contribution >= 0.6 is 15.9 Å². The first-order valence-electron chi connectivity index (χ1n) is 8.00. The summed E-state index contributed by atoms with van der Waals surface area (Å²) < 4.78 is 34.5. The number of aromatic nitrogens is 2. The van der Waals surface area contributed by atoms with E-state index in [1.54, 1.807) is 55.6 Å². The van der Waals surface area contributed by atoms with Gasteiger partial charge < -0.3 is 4.74 Å². The van der Waals surface area contributed by atoms with E-state index >= 15 is 0 Å². The van der Waals surface area contributed by atoms with Crippen LogP contribution in [0.3, 0.4) is 0 Å². The predicted molar refractivity (Wildman–Crippen MR) is 104 cm³/mol. The molecule has 0 atom stereocenters. The van der Waals surface area contributed by atoms with E-state index in [1.807, 2.05) is 0 Å². The fourth-order valence-electron chi connectivity index (χ4n) is 2.31. The number of nitrogens with one attached hydrogen (secondary N) is 1. The Labute approximate surface area is 165 Å².